The van der Waals surface area contributed by atoms with E-state index in [1.54, 1.807) is 31.6 Å². The molecule has 8 nitrogen and oxygen atoms in total. The van der Waals surface area contributed by atoms with Gasteiger partial charge in [0.1, 0.15) is 17.9 Å². The van der Waals surface area contributed by atoms with E-state index < -0.39 is 0 Å². The molecule has 0 unspecified atom stereocenters. The molecule has 1 aliphatic heterocycles. The molecule has 3 aromatic rings. The minimum absolute atomic E-state index is 0.0833. The van der Waals surface area contributed by atoms with E-state index in [0.717, 1.165) is 23.0 Å². The molecule has 0 N–H and O–H groups in total. The molecule has 0 spiro atoms. The number of carbonyl (C=O) groups is 1. The highest BCUT2D eigenvalue weighted by Crippen LogP contribution is 2.25. The lowest BCUT2D eigenvalue weighted by molar-refractivity contribution is 0.0743. The van der Waals surface area contributed by atoms with Crippen molar-refractivity contribution in [3.8, 4) is 11.6 Å². The van der Waals surface area contributed by atoms with Crippen LogP contribution in [-0.2, 0) is 0 Å². The molecule has 4 rings (SSSR count). The average Bonchev–Trinajstić information content (AvgIpc) is 3.11. The predicted molar refractivity (Wildman–Crippen MR) is 115 cm³/mol. The quantitative estimate of drug-likeness (QED) is 0.638. The van der Waals surface area contributed by atoms with Crippen LogP contribution >= 0.6 is 11.6 Å². The Labute approximate surface area is 180 Å². The van der Waals surface area contributed by atoms with Crippen molar-refractivity contribution >= 4 is 23.3 Å². The Morgan fingerprint density at radius 1 is 1.03 bits per heavy atom. The van der Waals surface area contributed by atoms with E-state index in [2.05, 4.69) is 20.0 Å². The van der Waals surface area contributed by atoms with Crippen LogP contribution < -0.4 is 9.64 Å². The SMILES string of the molecule is COc1ccc(Cl)cc1C(=O)N1CCN(c2cc(-n3nc(C)cc3C)ncn2)CC1. The number of aryl methyl sites for hydroxylation is 2. The van der Waals surface area contributed by atoms with E-state index in [-0.39, 0.29) is 5.91 Å². The van der Waals surface area contributed by atoms with Crippen LogP contribution in [0.1, 0.15) is 21.7 Å². The van der Waals surface area contributed by atoms with Gasteiger partial charge in [0.25, 0.3) is 5.91 Å². The van der Waals surface area contributed by atoms with Gasteiger partial charge in [-0.05, 0) is 38.1 Å². The van der Waals surface area contributed by atoms with E-state index in [4.69, 9.17) is 16.3 Å². The van der Waals surface area contributed by atoms with Gasteiger partial charge in [0.2, 0.25) is 0 Å². The zero-order chi connectivity index (χ0) is 21.3. The highest BCUT2D eigenvalue weighted by Gasteiger charge is 2.25. The first-order valence-electron chi connectivity index (χ1n) is 9.69. The Morgan fingerprint density at radius 2 is 1.77 bits per heavy atom. The van der Waals surface area contributed by atoms with Gasteiger partial charge in [0.05, 0.1) is 18.4 Å². The molecule has 30 heavy (non-hydrogen) atoms. The Kier molecular flexibility index (Phi) is 5.59. The van der Waals surface area contributed by atoms with E-state index >= 15 is 0 Å². The third-order valence-electron chi connectivity index (χ3n) is 5.15. The van der Waals surface area contributed by atoms with E-state index in [1.807, 2.05) is 35.6 Å². The van der Waals surface area contributed by atoms with Crippen LogP contribution in [0.15, 0.2) is 36.7 Å². The van der Waals surface area contributed by atoms with Crippen LogP contribution in [0.25, 0.3) is 5.82 Å². The van der Waals surface area contributed by atoms with Crippen molar-refractivity contribution in [2.24, 2.45) is 0 Å². The molecule has 1 saturated heterocycles. The number of ether oxygens (including phenoxy) is 1. The summed E-state index contributed by atoms with van der Waals surface area (Å²) in [5.41, 5.74) is 2.44. The van der Waals surface area contributed by atoms with Gasteiger partial charge in [-0.3, -0.25) is 4.79 Å². The number of piperazine rings is 1. The van der Waals surface area contributed by atoms with Gasteiger partial charge in [-0.25, -0.2) is 14.6 Å². The maximum atomic E-state index is 13.0. The van der Waals surface area contributed by atoms with Crippen molar-refractivity contribution in [1.82, 2.24) is 24.6 Å². The number of anilines is 1. The first kappa shape index (κ1) is 20.2. The molecule has 0 saturated carbocycles. The van der Waals surface area contributed by atoms with Gasteiger partial charge < -0.3 is 14.5 Å². The maximum Gasteiger partial charge on any atom is 0.257 e. The van der Waals surface area contributed by atoms with Crippen LogP contribution in [0.5, 0.6) is 5.75 Å². The first-order valence-corrected chi connectivity index (χ1v) is 10.1. The van der Waals surface area contributed by atoms with Gasteiger partial charge in [0.15, 0.2) is 5.82 Å². The second-order valence-electron chi connectivity index (χ2n) is 7.20. The summed E-state index contributed by atoms with van der Waals surface area (Å²) in [5, 5.41) is 5.00. The van der Waals surface area contributed by atoms with Gasteiger partial charge in [-0.2, -0.15) is 5.10 Å². The summed E-state index contributed by atoms with van der Waals surface area (Å²) in [5.74, 6) is 1.99. The minimum atomic E-state index is -0.0833. The van der Waals surface area contributed by atoms with Gasteiger partial charge in [0, 0.05) is 43.0 Å². The fourth-order valence-corrected chi connectivity index (χ4v) is 3.82. The fraction of sp³-hybridized carbons (Fsp3) is 0.333. The second-order valence-corrected chi connectivity index (χ2v) is 7.63. The summed E-state index contributed by atoms with van der Waals surface area (Å²) in [6, 6.07) is 9.02. The molecule has 9 heteroatoms. The number of nitrogens with zero attached hydrogens (tertiary/aromatic N) is 6. The van der Waals surface area contributed by atoms with Crippen LogP contribution in [-0.4, -0.2) is 63.8 Å². The van der Waals surface area contributed by atoms with Crippen molar-refractivity contribution in [1.29, 1.82) is 0 Å². The topological polar surface area (TPSA) is 76.4 Å². The zero-order valence-corrected chi connectivity index (χ0v) is 17.9. The van der Waals surface area contributed by atoms with Gasteiger partial charge in [-0.1, -0.05) is 11.6 Å². The number of benzene rings is 1. The number of hydrogen-bond acceptors (Lipinski definition) is 6. The number of aromatic nitrogens is 4. The first-order chi connectivity index (χ1) is 14.5. The number of rotatable bonds is 4. The summed E-state index contributed by atoms with van der Waals surface area (Å²) in [7, 11) is 1.55. The van der Waals surface area contributed by atoms with Crippen LogP contribution in [0.3, 0.4) is 0 Å². The number of carbonyl (C=O) groups excluding carboxylic acids is 1. The van der Waals surface area contributed by atoms with Crippen molar-refractivity contribution in [3.63, 3.8) is 0 Å². The monoisotopic (exact) mass is 426 g/mol. The number of hydrogen-bond donors (Lipinski definition) is 0. The largest absolute Gasteiger partial charge is 0.496 e. The molecule has 1 fully saturated rings. The highest BCUT2D eigenvalue weighted by molar-refractivity contribution is 6.31. The number of amides is 1. The summed E-state index contributed by atoms with van der Waals surface area (Å²) < 4.78 is 7.14. The summed E-state index contributed by atoms with van der Waals surface area (Å²) in [4.78, 5) is 25.7. The molecule has 1 amide bonds. The molecular formula is C21H23ClN6O2. The van der Waals surface area contributed by atoms with Crippen molar-refractivity contribution in [2.75, 3.05) is 38.2 Å². The summed E-state index contributed by atoms with van der Waals surface area (Å²) >= 11 is 6.08. The normalized spacial score (nSPS) is 14.1. The smallest absolute Gasteiger partial charge is 0.257 e. The lowest BCUT2D eigenvalue weighted by Gasteiger charge is -2.35. The van der Waals surface area contributed by atoms with Crippen LogP contribution in [0.4, 0.5) is 5.82 Å². The van der Waals surface area contributed by atoms with Crippen molar-refractivity contribution in [3.05, 3.63) is 58.6 Å². The lowest BCUT2D eigenvalue weighted by atomic mass is 10.1. The van der Waals surface area contributed by atoms with Gasteiger partial charge in [-0.15, -0.1) is 0 Å². The molecule has 0 aliphatic carbocycles. The Bertz CT molecular complexity index is 1080. The minimum Gasteiger partial charge on any atom is -0.496 e. The van der Waals surface area contributed by atoms with Crippen LogP contribution in [0.2, 0.25) is 5.02 Å². The predicted octanol–water partition coefficient (Wildman–Crippen LogP) is 2.90. The van der Waals surface area contributed by atoms with E-state index in [0.29, 0.717) is 42.5 Å². The molecule has 3 heterocycles. The van der Waals surface area contributed by atoms with Crippen molar-refractivity contribution in [2.45, 2.75) is 13.8 Å². The standard InChI is InChI=1S/C21H23ClN6O2/c1-14-10-15(2)28(25-14)20-12-19(23-13-24-20)26-6-8-27(9-7-26)21(29)17-11-16(22)4-5-18(17)30-3/h4-5,10-13H,6-9H2,1-3H3. The molecule has 1 aromatic carbocycles. The van der Waals surface area contributed by atoms with Gasteiger partial charge >= 0.3 is 0 Å². The highest BCUT2D eigenvalue weighted by atomic mass is 35.5. The average molecular weight is 427 g/mol. The number of methoxy groups -OCH3 is 1. The van der Waals surface area contributed by atoms with E-state index in [9.17, 15) is 4.79 Å². The molecular weight excluding hydrogens is 404 g/mol. The van der Waals surface area contributed by atoms with Crippen molar-refractivity contribution < 1.29 is 9.53 Å². The molecule has 0 atom stereocenters. The van der Waals surface area contributed by atoms with Crippen LogP contribution in [0, 0.1) is 13.8 Å². The Hall–Kier alpha value is -3.13. The fourth-order valence-electron chi connectivity index (χ4n) is 3.64. The van der Waals surface area contributed by atoms with E-state index in [1.165, 1.54) is 0 Å². The lowest BCUT2D eigenvalue weighted by Crippen LogP contribution is -2.49. The summed E-state index contributed by atoms with van der Waals surface area (Å²) in [6.07, 6.45) is 1.55. The summed E-state index contributed by atoms with van der Waals surface area (Å²) in [6.45, 7) is 6.44. The molecule has 2 aromatic heterocycles. The Balaban J connectivity index is 1.48. The molecule has 1 aliphatic rings. The molecule has 156 valence electrons. The molecule has 0 radical (unpaired) electrons. The third-order valence-corrected chi connectivity index (χ3v) is 5.38. The third kappa shape index (κ3) is 3.95. The maximum absolute atomic E-state index is 13.0. The zero-order valence-electron chi connectivity index (χ0n) is 17.2. The second kappa shape index (κ2) is 8.31. The molecule has 0 bridgehead atoms. The Morgan fingerprint density at radius 3 is 2.43 bits per heavy atom. The number of halogens is 1.